The third kappa shape index (κ3) is 1.82. The number of nitrogen functional groups attached to an aromatic ring is 1. The minimum absolute atomic E-state index is 0.262. The molecule has 0 aliphatic rings. The molecule has 1 amide bonds. The van der Waals surface area contributed by atoms with E-state index in [1.54, 1.807) is 37.3 Å². The number of benzene rings is 1. The molecule has 6 heteroatoms. The van der Waals surface area contributed by atoms with Gasteiger partial charge in [-0.1, -0.05) is 0 Å². The lowest BCUT2D eigenvalue weighted by Gasteiger charge is -2.10. The summed E-state index contributed by atoms with van der Waals surface area (Å²) in [6, 6.07) is 5.28. The molecule has 0 unspecified atom stereocenters. The second kappa shape index (κ2) is 3.82. The van der Waals surface area contributed by atoms with Gasteiger partial charge in [0.2, 0.25) is 0 Å². The first kappa shape index (κ1) is 10.4. The molecule has 84 valence electrons. The lowest BCUT2D eigenvalue weighted by molar-refractivity contribution is 0.0853. The SMILES string of the molecule is CN(C)NC(=O)c1n[nH]c2ccc(N)cc12. The summed E-state index contributed by atoms with van der Waals surface area (Å²) in [6.45, 7) is 0. The number of hydrogen-bond acceptors (Lipinski definition) is 4. The summed E-state index contributed by atoms with van der Waals surface area (Å²) in [4.78, 5) is 11.8. The Kier molecular flexibility index (Phi) is 2.49. The van der Waals surface area contributed by atoms with Crippen LogP contribution >= 0.6 is 0 Å². The van der Waals surface area contributed by atoms with Gasteiger partial charge < -0.3 is 5.73 Å². The van der Waals surface area contributed by atoms with E-state index >= 15 is 0 Å². The zero-order valence-corrected chi connectivity index (χ0v) is 9.11. The Morgan fingerprint density at radius 1 is 1.50 bits per heavy atom. The molecule has 2 rings (SSSR count). The molecule has 4 N–H and O–H groups in total. The fraction of sp³-hybridized carbons (Fsp3) is 0.200. The normalized spacial score (nSPS) is 10.9. The molecular formula is C10H13N5O. The van der Waals surface area contributed by atoms with E-state index in [0.29, 0.717) is 11.4 Å². The van der Waals surface area contributed by atoms with Crippen molar-refractivity contribution in [3.8, 4) is 0 Å². The smallest absolute Gasteiger partial charge is 0.286 e. The number of anilines is 1. The highest BCUT2D eigenvalue weighted by Crippen LogP contribution is 2.18. The van der Waals surface area contributed by atoms with Crippen molar-refractivity contribution in [1.29, 1.82) is 0 Å². The fourth-order valence-corrected chi connectivity index (χ4v) is 1.46. The molecule has 0 radical (unpaired) electrons. The number of rotatable bonds is 2. The molecule has 0 spiro atoms. The Balaban J connectivity index is 2.44. The van der Waals surface area contributed by atoms with Gasteiger partial charge in [-0.25, -0.2) is 5.01 Å². The van der Waals surface area contributed by atoms with Crippen molar-refractivity contribution in [2.24, 2.45) is 0 Å². The number of aromatic nitrogens is 2. The zero-order chi connectivity index (χ0) is 11.7. The minimum Gasteiger partial charge on any atom is -0.399 e. The fourth-order valence-electron chi connectivity index (χ4n) is 1.46. The number of aromatic amines is 1. The van der Waals surface area contributed by atoms with Gasteiger partial charge in [0, 0.05) is 25.2 Å². The number of amides is 1. The summed E-state index contributed by atoms with van der Waals surface area (Å²) < 4.78 is 0. The Morgan fingerprint density at radius 3 is 2.94 bits per heavy atom. The number of nitrogens with zero attached hydrogens (tertiary/aromatic N) is 2. The highest BCUT2D eigenvalue weighted by molar-refractivity contribution is 6.05. The predicted molar refractivity (Wildman–Crippen MR) is 61.7 cm³/mol. The summed E-state index contributed by atoms with van der Waals surface area (Å²) >= 11 is 0. The molecule has 0 saturated carbocycles. The second-order valence-electron chi connectivity index (χ2n) is 3.71. The second-order valence-corrected chi connectivity index (χ2v) is 3.71. The Labute approximate surface area is 92.4 Å². The Morgan fingerprint density at radius 2 is 2.25 bits per heavy atom. The van der Waals surface area contributed by atoms with Crippen molar-refractivity contribution in [2.75, 3.05) is 19.8 Å². The Hall–Kier alpha value is -2.08. The van der Waals surface area contributed by atoms with Crippen LogP contribution in [0.5, 0.6) is 0 Å². The zero-order valence-electron chi connectivity index (χ0n) is 9.11. The van der Waals surface area contributed by atoms with E-state index in [9.17, 15) is 4.79 Å². The predicted octanol–water partition coefficient (Wildman–Crippen LogP) is 0.351. The number of nitrogens with one attached hydrogen (secondary N) is 2. The minimum atomic E-state index is -0.262. The first-order valence-corrected chi connectivity index (χ1v) is 4.80. The van der Waals surface area contributed by atoms with Gasteiger partial charge in [0.15, 0.2) is 5.69 Å². The van der Waals surface area contributed by atoms with Crippen molar-refractivity contribution in [3.63, 3.8) is 0 Å². The van der Waals surface area contributed by atoms with Crippen molar-refractivity contribution in [1.82, 2.24) is 20.6 Å². The van der Waals surface area contributed by atoms with Gasteiger partial charge in [-0.05, 0) is 18.2 Å². The maximum absolute atomic E-state index is 11.8. The molecule has 0 atom stereocenters. The van der Waals surface area contributed by atoms with E-state index in [1.807, 2.05) is 0 Å². The number of hydrogen-bond donors (Lipinski definition) is 3. The van der Waals surface area contributed by atoms with Crippen LogP contribution in [0.2, 0.25) is 0 Å². The summed E-state index contributed by atoms with van der Waals surface area (Å²) in [5.41, 5.74) is 10.0. The molecule has 0 fully saturated rings. The van der Waals surface area contributed by atoms with Crippen LogP contribution in [-0.2, 0) is 0 Å². The van der Waals surface area contributed by atoms with Gasteiger partial charge in [-0.2, -0.15) is 5.10 Å². The van der Waals surface area contributed by atoms with Gasteiger partial charge in [0.25, 0.3) is 5.91 Å². The highest BCUT2D eigenvalue weighted by atomic mass is 16.2. The first-order valence-electron chi connectivity index (χ1n) is 4.80. The molecular weight excluding hydrogens is 206 g/mol. The van der Waals surface area contributed by atoms with Crippen molar-refractivity contribution >= 4 is 22.5 Å². The maximum Gasteiger partial charge on any atom is 0.286 e. The molecule has 6 nitrogen and oxygen atoms in total. The number of fused-ring (bicyclic) bond motifs is 1. The average Bonchev–Trinajstić information content (AvgIpc) is 2.59. The van der Waals surface area contributed by atoms with Crippen molar-refractivity contribution in [2.45, 2.75) is 0 Å². The first-order chi connectivity index (χ1) is 7.58. The summed E-state index contributed by atoms with van der Waals surface area (Å²) in [5, 5.41) is 9.04. The third-order valence-electron chi connectivity index (χ3n) is 2.13. The van der Waals surface area contributed by atoms with Gasteiger partial charge in [0.05, 0.1) is 5.52 Å². The standard InChI is InChI=1S/C10H13N5O/c1-15(2)14-10(16)9-7-5-6(11)3-4-8(7)12-13-9/h3-5H,11H2,1-2H3,(H,12,13)(H,14,16). The molecule has 0 bridgehead atoms. The van der Waals surface area contributed by atoms with E-state index in [1.165, 1.54) is 0 Å². The topological polar surface area (TPSA) is 87.0 Å². The molecule has 1 aromatic heterocycles. The number of carbonyl (C=O) groups excluding carboxylic acids is 1. The van der Waals surface area contributed by atoms with Crippen LogP contribution in [0.15, 0.2) is 18.2 Å². The lowest BCUT2D eigenvalue weighted by Crippen LogP contribution is -2.36. The summed E-state index contributed by atoms with van der Waals surface area (Å²) in [5.74, 6) is -0.262. The number of nitrogens with two attached hydrogens (primary N) is 1. The lowest BCUT2D eigenvalue weighted by atomic mass is 10.2. The van der Waals surface area contributed by atoms with Crippen LogP contribution in [0.25, 0.3) is 10.9 Å². The molecule has 0 aliphatic carbocycles. The van der Waals surface area contributed by atoms with E-state index in [-0.39, 0.29) is 5.91 Å². The van der Waals surface area contributed by atoms with Crippen LogP contribution in [0.4, 0.5) is 5.69 Å². The number of H-pyrrole nitrogens is 1. The number of carbonyl (C=O) groups is 1. The largest absolute Gasteiger partial charge is 0.399 e. The van der Waals surface area contributed by atoms with Gasteiger partial charge >= 0.3 is 0 Å². The van der Waals surface area contributed by atoms with Crippen molar-refractivity contribution < 1.29 is 4.79 Å². The number of hydrazine groups is 1. The average molecular weight is 219 g/mol. The van der Waals surface area contributed by atoms with Gasteiger partial charge in [-0.3, -0.25) is 15.3 Å². The van der Waals surface area contributed by atoms with Gasteiger partial charge in [-0.15, -0.1) is 0 Å². The van der Waals surface area contributed by atoms with Crippen LogP contribution in [0.3, 0.4) is 0 Å². The molecule has 16 heavy (non-hydrogen) atoms. The third-order valence-corrected chi connectivity index (χ3v) is 2.13. The monoisotopic (exact) mass is 219 g/mol. The Bertz CT molecular complexity index is 531. The molecule has 0 aliphatic heterocycles. The van der Waals surface area contributed by atoms with E-state index in [0.717, 1.165) is 10.9 Å². The van der Waals surface area contributed by atoms with Crippen LogP contribution < -0.4 is 11.2 Å². The molecule has 0 saturated heterocycles. The highest BCUT2D eigenvalue weighted by Gasteiger charge is 2.14. The van der Waals surface area contributed by atoms with Crippen LogP contribution in [-0.4, -0.2) is 35.2 Å². The van der Waals surface area contributed by atoms with Crippen LogP contribution in [0.1, 0.15) is 10.5 Å². The van der Waals surface area contributed by atoms with E-state index in [4.69, 9.17) is 5.73 Å². The summed E-state index contributed by atoms with van der Waals surface area (Å²) in [7, 11) is 3.47. The summed E-state index contributed by atoms with van der Waals surface area (Å²) in [6.07, 6.45) is 0. The van der Waals surface area contributed by atoms with Crippen LogP contribution in [0, 0.1) is 0 Å². The maximum atomic E-state index is 11.8. The quantitative estimate of drug-likeness (QED) is 0.502. The van der Waals surface area contributed by atoms with Crippen molar-refractivity contribution in [3.05, 3.63) is 23.9 Å². The van der Waals surface area contributed by atoms with E-state index in [2.05, 4.69) is 15.6 Å². The molecule has 2 aromatic rings. The molecule has 1 aromatic carbocycles. The van der Waals surface area contributed by atoms with E-state index < -0.39 is 0 Å². The molecule has 1 heterocycles. The van der Waals surface area contributed by atoms with Gasteiger partial charge in [0.1, 0.15) is 0 Å².